The van der Waals surface area contributed by atoms with Crippen molar-refractivity contribution < 1.29 is 23.8 Å². The molecule has 0 spiro atoms. The maximum atomic E-state index is 12.7. The molecule has 0 aliphatic carbocycles. The minimum absolute atomic E-state index is 0.112. The first-order valence-electron chi connectivity index (χ1n) is 8.84. The van der Waals surface area contributed by atoms with Gasteiger partial charge in [0, 0.05) is 31.9 Å². The van der Waals surface area contributed by atoms with Crippen LogP contribution >= 0.6 is 23.1 Å². The number of nitrogens with one attached hydrogen (secondary N) is 1. The lowest BCUT2D eigenvalue weighted by Crippen LogP contribution is -2.28. The third-order valence-electron chi connectivity index (χ3n) is 4.32. The van der Waals surface area contributed by atoms with Gasteiger partial charge in [0.05, 0.1) is 32.4 Å². The predicted molar refractivity (Wildman–Crippen MR) is 111 cm³/mol. The summed E-state index contributed by atoms with van der Waals surface area (Å²) in [6.07, 6.45) is 0.112. The molecule has 0 unspecified atom stereocenters. The molecule has 1 N–H and O–H groups in total. The summed E-state index contributed by atoms with van der Waals surface area (Å²) in [7, 11) is 4.73. The number of hydrogen-bond donors (Lipinski definition) is 1. The van der Waals surface area contributed by atoms with Crippen molar-refractivity contribution in [3.8, 4) is 11.5 Å². The highest BCUT2D eigenvalue weighted by Crippen LogP contribution is 2.36. The zero-order valence-electron chi connectivity index (χ0n) is 16.3. The Kier molecular flexibility index (Phi) is 7.29. The van der Waals surface area contributed by atoms with Crippen LogP contribution in [-0.4, -0.2) is 62.2 Å². The Morgan fingerprint density at radius 3 is 2.86 bits per heavy atom. The van der Waals surface area contributed by atoms with Gasteiger partial charge < -0.3 is 24.4 Å². The number of carbonyl (C=O) groups is 2. The van der Waals surface area contributed by atoms with Gasteiger partial charge in [-0.05, 0) is 12.1 Å². The van der Waals surface area contributed by atoms with Crippen molar-refractivity contribution in [2.24, 2.45) is 5.92 Å². The summed E-state index contributed by atoms with van der Waals surface area (Å²) in [5.74, 6) is 1.01. The molecule has 3 rings (SSSR count). The number of methoxy groups -OCH3 is 3. The van der Waals surface area contributed by atoms with Gasteiger partial charge in [0.1, 0.15) is 11.5 Å². The fraction of sp³-hybridized carbons (Fsp3) is 0.444. The molecule has 2 aromatic rings. The Morgan fingerprint density at radius 2 is 2.14 bits per heavy atom. The number of carbonyl (C=O) groups excluding carboxylic acids is 2. The number of ether oxygens (including phenoxy) is 3. The van der Waals surface area contributed by atoms with E-state index in [2.05, 4.69) is 15.5 Å². The van der Waals surface area contributed by atoms with E-state index in [0.29, 0.717) is 28.9 Å². The SMILES string of the molecule is COCCSc1nnc(NC(=O)[C@@H]2CC(=O)N(c3cc(OC)ccc3OC)C2)s1. The van der Waals surface area contributed by atoms with Gasteiger partial charge in [0.25, 0.3) is 0 Å². The van der Waals surface area contributed by atoms with E-state index in [4.69, 9.17) is 14.2 Å². The summed E-state index contributed by atoms with van der Waals surface area (Å²) in [6, 6.07) is 5.22. The molecule has 156 valence electrons. The van der Waals surface area contributed by atoms with Crippen LogP contribution < -0.4 is 19.7 Å². The minimum Gasteiger partial charge on any atom is -0.497 e. The summed E-state index contributed by atoms with van der Waals surface area (Å²) in [5.41, 5.74) is 0.583. The first-order valence-corrected chi connectivity index (χ1v) is 10.6. The van der Waals surface area contributed by atoms with Crippen LogP contribution in [0.4, 0.5) is 10.8 Å². The molecule has 1 aliphatic rings. The molecule has 9 nitrogen and oxygen atoms in total. The second-order valence-corrected chi connectivity index (χ2v) is 8.47. The number of benzene rings is 1. The van der Waals surface area contributed by atoms with Crippen LogP contribution in [0.5, 0.6) is 11.5 Å². The molecule has 1 saturated heterocycles. The Balaban J connectivity index is 1.65. The van der Waals surface area contributed by atoms with Gasteiger partial charge in [-0.1, -0.05) is 23.1 Å². The zero-order valence-corrected chi connectivity index (χ0v) is 18.0. The van der Waals surface area contributed by atoms with Crippen LogP contribution in [0.3, 0.4) is 0 Å². The van der Waals surface area contributed by atoms with Gasteiger partial charge in [-0.15, -0.1) is 10.2 Å². The lowest BCUT2D eigenvalue weighted by molar-refractivity contribution is -0.122. The van der Waals surface area contributed by atoms with E-state index in [-0.39, 0.29) is 24.8 Å². The van der Waals surface area contributed by atoms with Crippen molar-refractivity contribution >= 4 is 45.7 Å². The van der Waals surface area contributed by atoms with E-state index < -0.39 is 5.92 Å². The minimum atomic E-state index is -0.494. The first kappa shape index (κ1) is 21.3. The Labute approximate surface area is 176 Å². The molecule has 1 aliphatic heterocycles. The quantitative estimate of drug-likeness (QED) is 0.361. The number of anilines is 2. The van der Waals surface area contributed by atoms with E-state index in [9.17, 15) is 9.59 Å². The van der Waals surface area contributed by atoms with Crippen molar-refractivity contribution in [2.45, 2.75) is 10.8 Å². The zero-order chi connectivity index (χ0) is 20.8. The fourth-order valence-corrected chi connectivity index (χ4v) is 4.59. The number of thioether (sulfide) groups is 1. The molecular formula is C18H22N4O5S2. The first-order chi connectivity index (χ1) is 14.0. The van der Waals surface area contributed by atoms with Crippen LogP contribution in [0.25, 0.3) is 0 Å². The second-order valence-electron chi connectivity index (χ2n) is 6.15. The van der Waals surface area contributed by atoms with Crippen molar-refractivity contribution in [3.05, 3.63) is 18.2 Å². The largest absolute Gasteiger partial charge is 0.497 e. The highest BCUT2D eigenvalue weighted by atomic mass is 32.2. The Bertz CT molecular complexity index is 876. The van der Waals surface area contributed by atoms with Gasteiger partial charge in [-0.2, -0.15) is 0 Å². The number of hydrogen-bond acceptors (Lipinski definition) is 9. The molecule has 1 aromatic carbocycles. The van der Waals surface area contributed by atoms with Crippen LogP contribution in [0.1, 0.15) is 6.42 Å². The van der Waals surface area contributed by atoms with E-state index in [1.807, 2.05) is 0 Å². The van der Waals surface area contributed by atoms with Crippen LogP contribution in [-0.2, 0) is 14.3 Å². The summed E-state index contributed by atoms with van der Waals surface area (Å²) < 4.78 is 16.4. The molecule has 1 fully saturated rings. The number of nitrogens with zero attached hydrogens (tertiary/aromatic N) is 3. The molecule has 2 amide bonds. The third kappa shape index (κ3) is 5.17. The Morgan fingerprint density at radius 1 is 1.31 bits per heavy atom. The fourth-order valence-electron chi connectivity index (χ4n) is 2.86. The molecule has 1 atom stereocenters. The van der Waals surface area contributed by atoms with Gasteiger partial charge >= 0.3 is 0 Å². The summed E-state index contributed by atoms with van der Waals surface area (Å²) in [4.78, 5) is 26.8. The number of amides is 2. The monoisotopic (exact) mass is 438 g/mol. The lowest BCUT2D eigenvalue weighted by Gasteiger charge is -2.20. The average Bonchev–Trinajstić information content (AvgIpc) is 3.34. The highest BCUT2D eigenvalue weighted by Gasteiger charge is 2.36. The third-order valence-corrected chi connectivity index (χ3v) is 6.26. The van der Waals surface area contributed by atoms with Gasteiger partial charge in [-0.3, -0.25) is 9.59 Å². The summed E-state index contributed by atoms with van der Waals surface area (Å²) in [6.45, 7) is 0.863. The van der Waals surface area contributed by atoms with Crippen molar-refractivity contribution in [2.75, 3.05) is 50.5 Å². The van der Waals surface area contributed by atoms with E-state index in [1.54, 1.807) is 37.3 Å². The van der Waals surface area contributed by atoms with Crippen molar-refractivity contribution in [3.63, 3.8) is 0 Å². The van der Waals surface area contributed by atoms with Crippen LogP contribution in [0.2, 0.25) is 0 Å². The van der Waals surface area contributed by atoms with Gasteiger partial charge in [-0.25, -0.2) is 0 Å². The molecule has 0 saturated carbocycles. The maximum Gasteiger partial charge on any atom is 0.231 e. The number of aromatic nitrogens is 2. The summed E-state index contributed by atoms with van der Waals surface area (Å²) >= 11 is 2.81. The topological polar surface area (TPSA) is 103 Å². The molecule has 2 heterocycles. The summed E-state index contributed by atoms with van der Waals surface area (Å²) in [5, 5.41) is 11.2. The molecule has 11 heteroatoms. The van der Waals surface area contributed by atoms with Crippen LogP contribution in [0.15, 0.2) is 22.5 Å². The Hall–Kier alpha value is -2.37. The van der Waals surface area contributed by atoms with Crippen LogP contribution in [0, 0.1) is 5.92 Å². The smallest absolute Gasteiger partial charge is 0.231 e. The van der Waals surface area contributed by atoms with E-state index in [1.165, 1.54) is 30.2 Å². The van der Waals surface area contributed by atoms with Crippen molar-refractivity contribution in [1.82, 2.24) is 10.2 Å². The molecule has 1 aromatic heterocycles. The molecule has 0 bridgehead atoms. The lowest BCUT2D eigenvalue weighted by atomic mass is 10.1. The van der Waals surface area contributed by atoms with Gasteiger partial charge in [0.2, 0.25) is 16.9 Å². The normalized spacial score (nSPS) is 16.2. The molecule has 0 radical (unpaired) electrons. The van der Waals surface area contributed by atoms with E-state index >= 15 is 0 Å². The number of rotatable bonds is 9. The molecule has 29 heavy (non-hydrogen) atoms. The van der Waals surface area contributed by atoms with E-state index in [0.717, 1.165) is 10.1 Å². The maximum absolute atomic E-state index is 12.7. The highest BCUT2D eigenvalue weighted by molar-refractivity contribution is 8.01. The standard InChI is InChI=1S/C18H22N4O5S2/c1-25-6-7-28-18-21-20-17(29-18)19-16(24)11-8-15(23)22(10-11)13-9-12(26-2)4-5-14(13)27-3/h4-5,9,11H,6-8,10H2,1-3H3,(H,19,20,24)/t11-/m1/s1. The van der Waals surface area contributed by atoms with Gasteiger partial charge in [0.15, 0.2) is 4.34 Å². The second kappa shape index (κ2) is 9.90. The average molecular weight is 439 g/mol. The predicted octanol–water partition coefficient (Wildman–Crippen LogP) is 2.29. The van der Waals surface area contributed by atoms with Crippen molar-refractivity contribution in [1.29, 1.82) is 0 Å². The molecular weight excluding hydrogens is 416 g/mol.